The monoisotopic (exact) mass is 421 g/mol. The molecule has 0 radical (unpaired) electrons. The number of unbranched alkanes of at least 4 members (excludes halogenated alkanes) is 2. The highest BCUT2D eigenvalue weighted by Crippen LogP contribution is 2.36. The van der Waals surface area contributed by atoms with E-state index in [0.29, 0.717) is 6.10 Å². The molecule has 1 aromatic rings. The van der Waals surface area contributed by atoms with Gasteiger partial charge in [-0.2, -0.15) is 5.26 Å². The van der Waals surface area contributed by atoms with Crippen molar-refractivity contribution in [3.63, 3.8) is 0 Å². The fourth-order valence-corrected chi connectivity index (χ4v) is 5.53. The number of ether oxygens (including phenoxy) is 1. The smallest absolute Gasteiger partial charge is 0.0908 e. The van der Waals surface area contributed by atoms with Crippen molar-refractivity contribution in [2.45, 2.75) is 109 Å². The second kappa shape index (κ2) is 13.7. The molecule has 1 aromatic carbocycles. The Morgan fingerprint density at radius 2 is 1.65 bits per heavy atom. The summed E-state index contributed by atoms with van der Waals surface area (Å²) in [6.45, 7) is 3.25. The Kier molecular flexibility index (Phi) is 10.7. The van der Waals surface area contributed by atoms with Gasteiger partial charge in [0, 0.05) is 12.7 Å². The summed E-state index contributed by atoms with van der Waals surface area (Å²) in [6.07, 6.45) is 22.0. The average Bonchev–Trinajstić information content (AvgIpc) is 2.82. The van der Waals surface area contributed by atoms with Gasteiger partial charge < -0.3 is 4.74 Å². The second-order valence-corrected chi connectivity index (χ2v) is 10.0. The van der Waals surface area contributed by atoms with E-state index in [9.17, 15) is 0 Å². The van der Waals surface area contributed by atoms with Crippen LogP contribution in [0.25, 0.3) is 0 Å². The zero-order valence-electron chi connectivity index (χ0n) is 19.7. The molecule has 0 N–H and O–H groups in total. The van der Waals surface area contributed by atoms with Crippen molar-refractivity contribution in [1.29, 1.82) is 5.26 Å². The van der Waals surface area contributed by atoms with Crippen LogP contribution in [0.5, 0.6) is 0 Å². The molecule has 0 aliphatic heterocycles. The minimum absolute atomic E-state index is 0.485. The van der Waals surface area contributed by atoms with Crippen LogP contribution in [0.3, 0.4) is 0 Å². The average molecular weight is 422 g/mol. The van der Waals surface area contributed by atoms with E-state index in [1.807, 2.05) is 6.08 Å². The second-order valence-electron chi connectivity index (χ2n) is 10.0. The molecule has 0 bridgehead atoms. The Hall–Kier alpha value is -1.59. The number of benzene rings is 1. The van der Waals surface area contributed by atoms with Crippen molar-refractivity contribution in [1.82, 2.24) is 0 Å². The lowest BCUT2D eigenvalue weighted by Crippen LogP contribution is -2.25. The summed E-state index contributed by atoms with van der Waals surface area (Å²) in [6, 6.07) is 11.6. The first-order chi connectivity index (χ1) is 15.3. The van der Waals surface area contributed by atoms with E-state index in [1.54, 1.807) is 11.6 Å². The van der Waals surface area contributed by atoms with Gasteiger partial charge >= 0.3 is 0 Å². The van der Waals surface area contributed by atoms with E-state index in [2.05, 4.69) is 37.3 Å². The van der Waals surface area contributed by atoms with Crippen LogP contribution in [-0.2, 0) is 11.2 Å². The van der Waals surface area contributed by atoms with Crippen LogP contribution in [0.2, 0.25) is 0 Å². The molecule has 31 heavy (non-hydrogen) atoms. The predicted octanol–water partition coefficient (Wildman–Crippen LogP) is 8.13. The van der Waals surface area contributed by atoms with Crippen LogP contribution >= 0.6 is 0 Å². The lowest BCUT2D eigenvalue weighted by atomic mass is 9.80. The molecule has 2 aliphatic carbocycles. The molecule has 2 nitrogen and oxygen atoms in total. The maximum Gasteiger partial charge on any atom is 0.0908 e. The van der Waals surface area contributed by atoms with Gasteiger partial charge in [0.25, 0.3) is 0 Å². The Balaban J connectivity index is 1.29. The van der Waals surface area contributed by atoms with Crippen LogP contribution in [-0.4, -0.2) is 12.7 Å². The topological polar surface area (TPSA) is 33.0 Å². The maximum atomic E-state index is 8.57. The first kappa shape index (κ1) is 24.1. The SMILES string of the molecule is CCCCCc1ccc([C@H]2CC[C@H](OC[C@H]3CC[C@H](CCC=CC#N)CC3)CC2)cc1. The Morgan fingerprint density at radius 3 is 2.32 bits per heavy atom. The minimum atomic E-state index is 0.485. The van der Waals surface area contributed by atoms with Gasteiger partial charge in [0.15, 0.2) is 0 Å². The molecule has 2 saturated carbocycles. The van der Waals surface area contributed by atoms with Crippen molar-refractivity contribution in [2.24, 2.45) is 11.8 Å². The van der Waals surface area contributed by atoms with Crippen molar-refractivity contribution < 1.29 is 4.74 Å². The van der Waals surface area contributed by atoms with E-state index < -0.39 is 0 Å². The highest BCUT2D eigenvalue weighted by molar-refractivity contribution is 5.26. The van der Waals surface area contributed by atoms with Crippen LogP contribution in [0.15, 0.2) is 36.4 Å². The van der Waals surface area contributed by atoms with E-state index in [0.717, 1.165) is 30.8 Å². The molecule has 3 rings (SSSR count). The number of aryl methyl sites for hydroxylation is 1. The summed E-state index contributed by atoms with van der Waals surface area (Å²) in [5.74, 6) is 2.35. The number of nitrogens with zero attached hydrogens (tertiary/aromatic N) is 1. The largest absolute Gasteiger partial charge is 0.378 e. The van der Waals surface area contributed by atoms with Gasteiger partial charge in [-0.1, -0.05) is 62.9 Å². The van der Waals surface area contributed by atoms with Gasteiger partial charge in [0.2, 0.25) is 0 Å². The van der Waals surface area contributed by atoms with Gasteiger partial charge in [-0.25, -0.2) is 0 Å². The lowest BCUT2D eigenvalue weighted by Gasteiger charge is -2.32. The number of nitriles is 1. The van der Waals surface area contributed by atoms with Crippen LogP contribution in [0.4, 0.5) is 0 Å². The first-order valence-corrected chi connectivity index (χ1v) is 13.0. The number of hydrogen-bond acceptors (Lipinski definition) is 2. The van der Waals surface area contributed by atoms with E-state index >= 15 is 0 Å². The van der Waals surface area contributed by atoms with Gasteiger partial charge in [-0.3, -0.25) is 0 Å². The molecule has 2 fully saturated rings. The number of allylic oxidation sites excluding steroid dienone is 2. The molecule has 0 heterocycles. The molecule has 170 valence electrons. The lowest BCUT2D eigenvalue weighted by molar-refractivity contribution is -0.00474. The fourth-order valence-electron chi connectivity index (χ4n) is 5.53. The molecule has 0 amide bonds. The molecular formula is C29H43NO. The molecular weight excluding hydrogens is 378 g/mol. The summed E-state index contributed by atoms with van der Waals surface area (Å²) in [4.78, 5) is 0. The first-order valence-electron chi connectivity index (χ1n) is 13.0. The molecule has 0 spiro atoms. The molecule has 0 atom stereocenters. The number of rotatable bonds is 11. The van der Waals surface area contributed by atoms with Gasteiger partial charge in [0.05, 0.1) is 12.2 Å². The fraction of sp³-hybridized carbons (Fsp3) is 0.690. The quantitative estimate of drug-likeness (QED) is 0.267. The van der Waals surface area contributed by atoms with E-state index in [4.69, 9.17) is 10.00 Å². The summed E-state index contributed by atoms with van der Waals surface area (Å²) in [7, 11) is 0. The van der Waals surface area contributed by atoms with Crippen LogP contribution in [0, 0.1) is 23.2 Å². The van der Waals surface area contributed by atoms with Crippen molar-refractivity contribution in [2.75, 3.05) is 6.61 Å². The molecule has 2 heteroatoms. The summed E-state index contributed by atoms with van der Waals surface area (Å²) in [5, 5.41) is 8.57. The summed E-state index contributed by atoms with van der Waals surface area (Å²) < 4.78 is 6.38. The highest BCUT2D eigenvalue weighted by atomic mass is 16.5. The number of hydrogen-bond donors (Lipinski definition) is 0. The van der Waals surface area contributed by atoms with Crippen molar-refractivity contribution in [3.8, 4) is 6.07 Å². The summed E-state index contributed by atoms with van der Waals surface area (Å²) >= 11 is 0. The third kappa shape index (κ3) is 8.46. The Morgan fingerprint density at radius 1 is 0.935 bits per heavy atom. The third-order valence-electron chi connectivity index (χ3n) is 7.66. The normalized spacial score (nSPS) is 26.7. The van der Waals surface area contributed by atoms with Crippen molar-refractivity contribution in [3.05, 3.63) is 47.5 Å². The molecule has 2 aliphatic rings. The Labute approximate surface area is 191 Å². The highest BCUT2D eigenvalue weighted by Gasteiger charge is 2.25. The molecule has 0 saturated heterocycles. The zero-order chi connectivity index (χ0) is 21.7. The zero-order valence-corrected chi connectivity index (χ0v) is 19.7. The van der Waals surface area contributed by atoms with Crippen molar-refractivity contribution >= 4 is 0 Å². The van der Waals surface area contributed by atoms with E-state index in [1.165, 1.54) is 89.0 Å². The minimum Gasteiger partial charge on any atom is -0.378 e. The van der Waals surface area contributed by atoms with Crippen LogP contribution < -0.4 is 0 Å². The summed E-state index contributed by atoms with van der Waals surface area (Å²) in [5.41, 5.74) is 3.04. The van der Waals surface area contributed by atoms with Crippen LogP contribution in [0.1, 0.15) is 107 Å². The standard InChI is InChI=1S/C29H43NO/c1-2-3-5-8-25-14-16-27(17-15-25)28-18-20-29(21-19-28)31-23-26-12-10-24(11-13-26)9-6-4-7-22-30/h4,7,14-17,24,26,28-29H,2-3,5-6,8-13,18-21,23H2,1H3/t24-,26-,28-,29-. The molecule has 0 aromatic heterocycles. The van der Waals surface area contributed by atoms with E-state index in [-0.39, 0.29) is 0 Å². The van der Waals surface area contributed by atoms with Gasteiger partial charge in [-0.05, 0) is 93.1 Å². The molecule has 0 unspecified atom stereocenters. The Bertz CT molecular complexity index is 670. The van der Waals surface area contributed by atoms with Gasteiger partial charge in [0.1, 0.15) is 0 Å². The maximum absolute atomic E-state index is 8.57. The third-order valence-corrected chi connectivity index (χ3v) is 7.66. The van der Waals surface area contributed by atoms with Gasteiger partial charge in [-0.15, -0.1) is 0 Å². The predicted molar refractivity (Wildman–Crippen MR) is 130 cm³/mol.